The minimum atomic E-state index is -1.09. The smallest absolute Gasteiger partial charge is 0.336 e. The first-order chi connectivity index (χ1) is 13.0. The van der Waals surface area contributed by atoms with Crippen molar-refractivity contribution < 1.29 is 14.7 Å². The van der Waals surface area contributed by atoms with Crippen LogP contribution in [0.1, 0.15) is 22.3 Å². The van der Waals surface area contributed by atoms with Gasteiger partial charge in [-0.25, -0.2) is 9.59 Å². The zero-order valence-corrected chi connectivity index (χ0v) is 15.2. The van der Waals surface area contributed by atoms with E-state index >= 15 is 0 Å². The third-order valence-corrected chi connectivity index (χ3v) is 5.29. The molecule has 0 unspecified atom stereocenters. The summed E-state index contributed by atoms with van der Waals surface area (Å²) in [4.78, 5) is 22.7. The van der Waals surface area contributed by atoms with E-state index in [2.05, 4.69) is 44.2 Å². The molecule has 0 saturated carbocycles. The van der Waals surface area contributed by atoms with Crippen molar-refractivity contribution in [3.63, 3.8) is 0 Å². The van der Waals surface area contributed by atoms with Crippen molar-refractivity contribution in [2.45, 2.75) is 20.3 Å². The van der Waals surface area contributed by atoms with E-state index in [9.17, 15) is 14.7 Å². The number of aryl methyl sites for hydroxylation is 2. The van der Waals surface area contributed by atoms with E-state index in [1.54, 1.807) is 12.0 Å². The average molecular weight is 354 g/mol. The van der Waals surface area contributed by atoms with Gasteiger partial charge in [0.25, 0.3) is 0 Å². The number of hydrogen-bond donors (Lipinski definition) is 1. The highest BCUT2D eigenvalue weighted by Gasteiger charge is 2.23. The second-order valence-electron chi connectivity index (χ2n) is 6.97. The Morgan fingerprint density at radius 3 is 2.30 bits per heavy atom. The van der Waals surface area contributed by atoms with Gasteiger partial charge in [0.1, 0.15) is 5.94 Å². The van der Waals surface area contributed by atoms with Crippen molar-refractivity contribution in [2.24, 2.45) is 0 Å². The van der Waals surface area contributed by atoms with Gasteiger partial charge in [-0.3, -0.25) is 0 Å². The van der Waals surface area contributed by atoms with E-state index < -0.39 is 5.97 Å². The Hall–Kier alpha value is -3.42. The highest BCUT2D eigenvalue weighted by Crippen LogP contribution is 2.34. The number of hydrogen-bond acceptors (Lipinski definition) is 2. The maximum absolute atomic E-state index is 11.3. The largest absolute Gasteiger partial charge is 0.478 e. The van der Waals surface area contributed by atoms with Crippen LogP contribution in [0.4, 0.5) is 0 Å². The topological polar surface area (TPSA) is 54.4 Å². The standard InChI is InChI=1S/C24H18O3/c1-14-9-16-3-4-17(12-20(16)10-15(14)2)18-5-7-21-19(11-18)6-8-22(24(26)27)23(21)13-25/h3-5,7-12H,6H2,1-2H3,(H,26,27). The normalized spacial score (nSPS) is 13.1. The highest BCUT2D eigenvalue weighted by atomic mass is 16.4. The van der Waals surface area contributed by atoms with Crippen LogP contribution >= 0.6 is 0 Å². The van der Waals surface area contributed by atoms with Gasteiger partial charge >= 0.3 is 5.97 Å². The molecule has 3 aromatic rings. The summed E-state index contributed by atoms with van der Waals surface area (Å²) in [5, 5.41) is 11.7. The number of allylic oxidation sites excluding steroid dienone is 1. The molecule has 1 aliphatic carbocycles. The quantitative estimate of drug-likeness (QED) is 0.666. The number of fused-ring (bicyclic) bond motifs is 2. The van der Waals surface area contributed by atoms with Crippen molar-refractivity contribution in [3.8, 4) is 11.1 Å². The summed E-state index contributed by atoms with van der Waals surface area (Å²) in [6.45, 7) is 4.23. The Kier molecular flexibility index (Phi) is 4.02. The molecule has 4 rings (SSSR count). The third-order valence-electron chi connectivity index (χ3n) is 5.29. The first-order valence-corrected chi connectivity index (χ1v) is 8.81. The molecule has 1 N–H and O–H groups in total. The Labute approximate surface area is 157 Å². The molecule has 3 aromatic carbocycles. The number of carboxylic acid groups (broad SMARTS) is 1. The molecule has 0 aromatic heterocycles. The minimum absolute atomic E-state index is 0.0294. The summed E-state index contributed by atoms with van der Waals surface area (Å²) in [6, 6.07) is 16.6. The van der Waals surface area contributed by atoms with Crippen molar-refractivity contribution in [3.05, 3.63) is 82.4 Å². The van der Waals surface area contributed by atoms with Gasteiger partial charge in [-0.15, -0.1) is 0 Å². The zero-order chi connectivity index (χ0) is 19.1. The van der Waals surface area contributed by atoms with E-state index in [4.69, 9.17) is 0 Å². The fourth-order valence-corrected chi connectivity index (χ4v) is 3.65. The maximum atomic E-state index is 11.3. The first-order valence-electron chi connectivity index (χ1n) is 8.81. The molecule has 0 amide bonds. The SMILES string of the molecule is Cc1cc2ccc(-c3ccc4c(c3)CC=C(C(=O)O)C4=C=O)cc2cc1C. The number of aliphatic carboxylic acids is 1. The lowest BCUT2D eigenvalue weighted by molar-refractivity contribution is -0.132. The monoisotopic (exact) mass is 354 g/mol. The minimum Gasteiger partial charge on any atom is -0.478 e. The summed E-state index contributed by atoms with van der Waals surface area (Å²) < 4.78 is 0. The van der Waals surface area contributed by atoms with E-state index in [0.717, 1.165) is 16.7 Å². The summed E-state index contributed by atoms with van der Waals surface area (Å²) in [7, 11) is 0. The Morgan fingerprint density at radius 1 is 0.926 bits per heavy atom. The molecule has 0 saturated heterocycles. The van der Waals surface area contributed by atoms with Gasteiger partial charge in [0, 0.05) is 0 Å². The molecule has 132 valence electrons. The molecule has 0 bridgehead atoms. The first kappa shape index (κ1) is 17.0. The van der Waals surface area contributed by atoms with Crippen molar-refractivity contribution in [1.82, 2.24) is 0 Å². The molecule has 3 heteroatoms. The Morgan fingerprint density at radius 2 is 1.59 bits per heavy atom. The number of benzene rings is 3. The third kappa shape index (κ3) is 2.88. The Bertz CT molecular complexity index is 1190. The molecule has 3 nitrogen and oxygen atoms in total. The molecule has 0 heterocycles. The maximum Gasteiger partial charge on any atom is 0.336 e. The van der Waals surface area contributed by atoms with Gasteiger partial charge in [-0.05, 0) is 70.5 Å². The Balaban J connectivity index is 1.80. The number of rotatable bonds is 2. The summed E-state index contributed by atoms with van der Waals surface area (Å²) in [6.07, 6.45) is 2.07. The average Bonchev–Trinajstić information content (AvgIpc) is 2.67. The van der Waals surface area contributed by atoms with E-state index in [1.165, 1.54) is 21.9 Å². The predicted molar refractivity (Wildman–Crippen MR) is 107 cm³/mol. The molecule has 27 heavy (non-hydrogen) atoms. The van der Waals surface area contributed by atoms with Gasteiger partial charge in [-0.2, -0.15) is 0 Å². The van der Waals surface area contributed by atoms with Gasteiger partial charge < -0.3 is 5.11 Å². The number of carbonyl (C=O) groups excluding carboxylic acids is 1. The van der Waals surface area contributed by atoms with E-state index in [0.29, 0.717) is 12.0 Å². The van der Waals surface area contributed by atoms with Crippen molar-refractivity contribution >= 4 is 28.3 Å². The van der Waals surface area contributed by atoms with Gasteiger partial charge in [0.15, 0.2) is 0 Å². The number of carboxylic acids is 1. The van der Waals surface area contributed by atoms with Gasteiger partial charge in [0.2, 0.25) is 0 Å². The van der Waals surface area contributed by atoms with Gasteiger partial charge in [-0.1, -0.05) is 48.5 Å². The van der Waals surface area contributed by atoms with E-state index in [-0.39, 0.29) is 11.1 Å². The van der Waals surface area contributed by atoms with Crippen LogP contribution in [0.15, 0.2) is 60.2 Å². The summed E-state index contributed by atoms with van der Waals surface area (Å²) >= 11 is 0. The lowest BCUT2D eigenvalue weighted by Gasteiger charge is -2.17. The molecule has 0 atom stereocenters. The van der Waals surface area contributed by atoms with Crippen LogP contribution in [-0.2, 0) is 16.0 Å². The molecule has 1 aliphatic rings. The second-order valence-corrected chi connectivity index (χ2v) is 6.97. The molecular formula is C24H18O3. The molecule has 0 radical (unpaired) electrons. The molecule has 0 aliphatic heterocycles. The van der Waals surface area contributed by atoms with Crippen LogP contribution in [0.3, 0.4) is 0 Å². The lowest BCUT2D eigenvalue weighted by Crippen LogP contribution is -2.10. The molecule has 0 fully saturated rings. The lowest BCUT2D eigenvalue weighted by atomic mass is 9.85. The van der Waals surface area contributed by atoms with E-state index in [1.807, 2.05) is 18.2 Å². The second kappa shape index (κ2) is 6.39. The van der Waals surface area contributed by atoms with Gasteiger partial charge in [0.05, 0.1) is 11.1 Å². The van der Waals surface area contributed by atoms with Crippen LogP contribution in [0.2, 0.25) is 0 Å². The summed E-state index contributed by atoms with van der Waals surface area (Å²) in [5.74, 6) is 0.710. The molecule has 0 spiro atoms. The number of carbonyl (C=O) groups is 1. The zero-order valence-electron chi connectivity index (χ0n) is 15.2. The van der Waals surface area contributed by atoms with Crippen LogP contribution in [0.25, 0.3) is 27.5 Å². The van der Waals surface area contributed by atoms with Crippen molar-refractivity contribution in [1.29, 1.82) is 0 Å². The summed E-state index contributed by atoms with van der Waals surface area (Å²) in [5.41, 5.74) is 6.43. The van der Waals surface area contributed by atoms with Crippen LogP contribution < -0.4 is 0 Å². The fourth-order valence-electron chi connectivity index (χ4n) is 3.65. The molecular weight excluding hydrogens is 336 g/mol. The highest BCUT2D eigenvalue weighted by molar-refractivity contribution is 6.14. The van der Waals surface area contributed by atoms with Crippen LogP contribution in [-0.4, -0.2) is 17.0 Å². The van der Waals surface area contributed by atoms with Crippen LogP contribution in [0.5, 0.6) is 0 Å². The van der Waals surface area contributed by atoms with Crippen LogP contribution in [0, 0.1) is 13.8 Å². The predicted octanol–water partition coefficient (Wildman–Crippen LogP) is 4.91. The van der Waals surface area contributed by atoms with Crippen molar-refractivity contribution in [2.75, 3.05) is 0 Å². The fraction of sp³-hybridized carbons (Fsp3) is 0.125.